The number of halogens is 1. The molecular weight excluding hydrogens is 340 g/mol. The van der Waals surface area contributed by atoms with Crippen LogP contribution in [0.15, 0.2) is 58.5 Å². The Balaban J connectivity index is 2.04. The van der Waals surface area contributed by atoms with E-state index >= 15 is 0 Å². The molecule has 0 fully saturated rings. The summed E-state index contributed by atoms with van der Waals surface area (Å²) in [5.74, 6) is -0.232. The van der Waals surface area contributed by atoms with E-state index in [1.54, 1.807) is 30.1 Å². The third-order valence-electron chi connectivity index (χ3n) is 3.68. The third-order valence-corrected chi connectivity index (χ3v) is 4.68. The summed E-state index contributed by atoms with van der Waals surface area (Å²) < 4.78 is 0. The molecule has 2 aromatic carbocycles. The number of carbonyl (C=O) groups is 1. The van der Waals surface area contributed by atoms with Crippen molar-refractivity contribution in [2.24, 2.45) is 11.0 Å². The van der Waals surface area contributed by atoms with Gasteiger partial charge in [0.1, 0.15) is 0 Å². The van der Waals surface area contributed by atoms with Crippen LogP contribution < -0.4 is 5.43 Å². The highest BCUT2D eigenvalue weighted by Crippen LogP contribution is 2.26. The predicted octanol–water partition coefficient (Wildman–Crippen LogP) is 4.95. The molecule has 126 valence electrons. The van der Waals surface area contributed by atoms with Gasteiger partial charge in [0, 0.05) is 9.92 Å². The zero-order valence-corrected chi connectivity index (χ0v) is 15.6. The van der Waals surface area contributed by atoms with E-state index in [9.17, 15) is 4.79 Å². The maximum atomic E-state index is 12.5. The Morgan fingerprint density at radius 2 is 1.75 bits per heavy atom. The van der Waals surface area contributed by atoms with Crippen LogP contribution in [0.25, 0.3) is 0 Å². The van der Waals surface area contributed by atoms with Crippen molar-refractivity contribution < 1.29 is 4.79 Å². The first-order valence-electron chi connectivity index (χ1n) is 7.73. The fourth-order valence-electron chi connectivity index (χ4n) is 2.44. The predicted molar refractivity (Wildman–Crippen MR) is 103 cm³/mol. The molecule has 0 aliphatic heterocycles. The molecule has 0 unspecified atom stereocenters. The number of hydrogen-bond donors (Lipinski definition) is 1. The molecule has 2 rings (SSSR count). The van der Waals surface area contributed by atoms with Crippen molar-refractivity contribution in [3.05, 3.63) is 64.7 Å². The number of amides is 1. The number of thioether (sulfide) groups is 1. The molecular formula is C19H21ClN2OS. The van der Waals surface area contributed by atoms with E-state index < -0.39 is 0 Å². The molecule has 0 spiro atoms. The van der Waals surface area contributed by atoms with Gasteiger partial charge in [-0.1, -0.05) is 49.7 Å². The number of nitrogens with zero attached hydrogens (tertiary/aromatic N) is 1. The molecule has 5 heteroatoms. The summed E-state index contributed by atoms with van der Waals surface area (Å²) in [6.45, 7) is 4.04. The van der Waals surface area contributed by atoms with E-state index in [2.05, 4.69) is 10.5 Å². The van der Waals surface area contributed by atoms with Crippen molar-refractivity contribution in [3.8, 4) is 0 Å². The number of nitrogens with one attached hydrogen (secondary N) is 1. The zero-order valence-electron chi connectivity index (χ0n) is 14.0. The number of rotatable bonds is 6. The maximum absolute atomic E-state index is 12.5. The van der Waals surface area contributed by atoms with Crippen LogP contribution >= 0.6 is 23.4 Å². The highest BCUT2D eigenvalue weighted by Gasteiger charge is 2.23. The largest absolute Gasteiger partial charge is 0.272 e. The van der Waals surface area contributed by atoms with Gasteiger partial charge in [0.05, 0.1) is 12.1 Å². The minimum Gasteiger partial charge on any atom is -0.272 e. The lowest BCUT2D eigenvalue weighted by Crippen LogP contribution is -2.28. The fourth-order valence-corrected chi connectivity index (χ4v) is 2.97. The third kappa shape index (κ3) is 5.11. The second-order valence-electron chi connectivity index (χ2n) is 5.78. The Kier molecular flexibility index (Phi) is 6.88. The van der Waals surface area contributed by atoms with Gasteiger partial charge in [0.15, 0.2) is 0 Å². The van der Waals surface area contributed by atoms with Crippen LogP contribution in [0.4, 0.5) is 0 Å². The lowest BCUT2D eigenvalue weighted by molar-refractivity contribution is -0.123. The second-order valence-corrected chi connectivity index (χ2v) is 7.10. The van der Waals surface area contributed by atoms with Gasteiger partial charge >= 0.3 is 0 Å². The van der Waals surface area contributed by atoms with Gasteiger partial charge in [-0.25, -0.2) is 5.43 Å². The topological polar surface area (TPSA) is 41.5 Å². The first-order chi connectivity index (χ1) is 11.5. The summed E-state index contributed by atoms with van der Waals surface area (Å²) in [7, 11) is 0. The molecule has 2 aromatic rings. The van der Waals surface area contributed by atoms with Gasteiger partial charge in [-0.2, -0.15) is 5.10 Å². The van der Waals surface area contributed by atoms with Gasteiger partial charge in [-0.15, -0.1) is 11.8 Å². The second kappa shape index (κ2) is 8.90. The SMILES string of the molecule is CSc1ccc(/C=N\NC(=O)[C@@H](c2ccc(Cl)cc2)C(C)C)cc1. The number of benzene rings is 2. The van der Waals surface area contributed by atoms with Crippen LogP contribution in [0.5, 0.6) is 0 Å². The van der Waals surface area contributed by atoms with Crippen molar-refractivity contribution in [2.75, 3.05) is 6.26 Å². The van der Waals surface area contributed by atoms with Crippen molar-refractivity contribution in [2.45, 2.75) is 24.7 Å². The van der Waals surface area contributed by atoms with Crippen LogP contribution in [0.2, 0.25) is 5.02 Å². The van der Waals surface area contributed by atoms with Gasteiger partial charge in [0.25, 0.3) is 0 Å². The van der Waals surface area contributed by atoms with E-state index in [0.717, 1.165) is 11.1 Å². The van der Waals surface area contributed by atoms with Crippen LogP contribution in [0, 0.1) is 5.92 Å². The lowest BCUT2D eigenvalue weighted by Gasteiger charge is -2.19. The summed E-state index contributed by atoms with van der Waals surface area (Å²) in [5.41, 5.74) is 4.53. The molecule has 0 heterocycles. The summed E-state index contributed by atoms with van der Waals surface area (Å²) in [6, 6.07) is 15.4. The molecule has 0 aliphatic rings. The minimum atomic E-state index is -0.265. The van der Waals surface area contributed by atoms with E-state index in [-0.39, 0.29) is 17.7 Å². The van der Waals surface area contributed by atoms with Crippen molar-refractivity contribution in [3.63, 3.8) is 0 Å². The molecule has 0 saturated heterocycles. The summed E-state index contributed by atoms with van der Waals surface area (Å²) >= 11 is 7.61. The van der Waals surface area contributed by atoms with E-state index in [0.29, 0.717) is 5.02 Å². The van der Waals surface area contributed by atoms with Crippen molar-refractivity contribution in [1.82, 2.24) is 5.43 Å². The molecule has 1 N–H and O–H groups in total. The Morgan fingerprint density at radius 1 is 1.12 bits per heavy atom. The maximum Gasteiger partial charge on any atom is 0.247 e. The smallest absolute Gasteiger partial charge is 0.247 e. The quantitative estimate of drug-likeness (QED) is 0.449. The van der Waals surface area contributed by atoms with E-state index in [1.165, 1.54) is 4.90 Å². The standard InChI is InChI=1S/C19H21ClN2OS/c1-13(2)18(15-6-8-16(20)9-7-15)19(23)22-21-12-14-4-10-17(24-3)11-5-14/h4-13,18H,1-3H3,(H,22,23)/b21-12-/t18-/m1/s1. The molecule has 1 amide bonds. The molecule has 0 aromatic heterocycles. The zero-order chi connectivity index (χ0) is 17.5. The summed E-state index contributed by atoms with van der Waals surface area (Å²) in [5, 5.41) is 4.75. The molecule has 0 aliphatic carbocycles. The lowest BCUT2D eigenvalue weighted by atomic mass is 9.88. The highest BCUT2D eigenvalue weighted by molar-refractivity contribution is 7.98. The van der Waals surface area contributed by atoms with Gasteiger partial charge in [-0.3, -0.25) is 4.79 Å². The molecule has 1 atom stereocenters. The summed E-state index contributed by atoms with van der Waals surface area (Å²) in [6.07, 6.45) is 3.69. The summed E-state index contributed by atoms with van der Waals surface area (Å²) in [4.78, 5) is 13.7. The molecule has 0 radical (unpaired) electrons. The molecule has 0 bridgehead atoms. The molecule has 24 heavy (non-hydrogen) atoms. The first-order valence-corrected chi connectivity index (χ1v) is 9.34. The van der Waals surface area contributed by atoms with Gasteiger partial charge < -0.3 is 0 Å². The van der Waals surface area contributed by atoms with Gasteiger partial charge in [-0.05, 0) is 47.6 Å². The monoisotopic (exact) mass is 360 g/mol. The van der Waals surface area contributed by atoms with Crippen LogP contribution in [0.1, 0.15) is 30.9 Å². The van der Waals surface area contributed by atoms with Crippen LogP contribution in [0.3, 0.4) is 0 Å². The fraction of sp³-hybridized carbons (Fsp3) is 0.263. The Morgan fingerprint density at radius 3 is 2.29 bits per heavy atom. The van der Waals surface area contributed by atoms with E-state index in [4.69, 9.17) is 11.6 Å². The Labute approximate surface area is 152 Å². The van der Waals surface area contributed by atoms with Crippen LogP contribution in [-0.4, -0.2) is 18.4 Å². The molecule has 0 saturated carbocycles. The van der Waals surface area contributed by atoms with Crippen molar-refractivity contribution >= 4 is 35.5 Å². The van der Waals surface area contributed by atoms with Crippen LogP contribution in [-0.2, 0) is 4.79 Å². The number of carbonyl (C=O) groups excluding carboxylic acids is 1. The van der Waals surface area contributed by atoms with E-state index in [1.807, 2.05) is 56.5 Å². The first kappa shape index (κ1) is 18.6. The highest BCUT2D eigenvalue weighted by atomic mass is 35.5. The minimum absolute atomic E-state index is 0.121. The number of hydrogen-bond acceptors (Lipinski definition) is 3. The van der Waals surface area contributed by atoms with Gasteiger partial charge in [0.2, 0.25) is 5.91 Å². The Hall–Kier alpha value is -1.78. The Bertz CT molecular complexity index is 696. The normalized spacial score (nSPS) is 12.5. The average molecular weight is 361 g/mol. The molecule has 3 nitrogen and oxygen atoms in total. The van der Waals surface area contributed by atoms with Crippen molar-refractivity contribution in [1.29, 1.82) is 0 Å². The average Bonchev–Trinajstić information content (AvgIpc) is 2.57. The number of hydrazone groups is 1.